The molecule has 2 aliphatic carbocycles. The van der Waals surface area contributed by atoms with Gasteiger partial charge in [-0.2, -0.15) is 0 Å². The number of hydrogen-bond acceptors (Lipinski definition) is 6. The number of Topliss-reactive ketones (excluding diaryl/α,β-unsaturated/α-hetero) is 1. The summed E-state index contributed by atoms with van der Waals surface area (Å²) in [4.78, 5) is 59.0. The highest BCUT2D eigenvalue weighted by molar-refractivity contribution is 6.39. The minimum absolute atomic E-state index is 0.0232. The van der Waals surface area contributed by atoms with Crippen LogP contribution in [0, 0.1) is 11.8 Å². The molecule has 4 atom stereocenters. The number of carboxylic acid groups (broad SMARTS) is 1. The van der Waals surface area contributed by atoms with Gasteiger partial charge in [-0.1, -0.05) is 84.9 Å². The predicted molar refractivity (Wildman–Crippen MR) is 187 cm³/mol. The van der Waals surface area contributed by atoms with E-state index < -0.39 is 40.4 Å². The lowest BCUT2D eigenvalue weighted by molar-refractivity contribution is -0.130. The Hall–Kier alpha value is -6.28. The van der Waals surface area contributed by atoms with Crippen LogP contribution in [-0.2, 0) is 25.2 Å². The van der Waals surface area contributed by atoms with Crippen LogP contribution in [0.1, 0.15) is 32.6 Å². The highest BCUT2D eigenvalue weighted by Crippen LogP contribution is 2.74. The summed E-state index contributed by atoms with van der Waals surface area (Å²) < 4.78 is 11.0. The van der Waals surface area contributed by atoms with E-state index in [0.29, 0.717) is 33.8 Å². The summed E-state index contributed by atoms with van der Waals surface area (Å²) in [6, 6.07) is 39.1. The molecule has 2 amide bonds. The maximum atomic E-state index is 16.0. The first kappa shape index (κ1) is 31.0. The Morgan fingerprint density at radius 2 is 0.980 bits per heavy atom. The molecule has 8 rings (SSSR count). The molecule has 0 unspecified atom stereocenters. The molecule has 8 heteroatoms. The van der Waals surface area contributed by atoms with Crippen molar-refractivity contribution < 1.29 is 33.8 Å². The molecule has 5 aromatic rings. The second-order valence-electron chi connectivity index (χ2n) is 12.7. The number of nitrogens with zero attached hydrogens (tertiary/aromatic N) is 1. The van der Waals surface area contributed by atoms with Crippen molar-refractivity contribution in [3.05, 3.63) is 161 Å². The second kappa shape index (κ2) is 11.4. The molecule has 0 aromatic heterocycles. The Kier molecular flexibility index (Phi) is 7.08. The van der Waals surface area contributed by atoms with Gasteiger partial charge in [-0.3, -0.25) is 14.4 Å². The number of carbonyl (C=O) groups excluding carboxylic acids is 3. The number of ketones is 1. The van der Waals surface area contributed by atoms with Crippen molar-refractivity contribution >= 4 is 40.4 Å². The Morgan fingerprint density at radius 3 is 1.34 bits per heavy atom. The van der Waals surface area contributed by atoms with Crippen molar-refractivity contribution in [1.29, 1.82) is 0 Å². The molecule has 1 heterocycles. The second-order valence-corrected chi connectivity index (χ2v) is 12.7. The molecule has 0 spiro atoms. The average molecular weight is 662 g/mol. The Morgan fingerprint density at radius 1 is 0.580 bits per heavy atom. The summed E-state index contributed by atoms with van der Waals surface area (Å²) in [5.41, 5.74) is 1.07. The number of anilines is 1. The molecule has 8 nitrogen and oxygen atoms in total. The summed E-state index contributed by atoms with van der Waals surface area (Å²) in [7, 11) is 3.16. The Balaban J connectivity index is 1.51. The van der Waals surface area contributed by atoms with Crippen LogP contribution >= 0.6 is 0 Å². The minimum atomic E-state index is -1.58. The van der Waals surface area contributed by atoms with Gasteiger partial charge in [0.2, 0.25) is 11.8 Å². The number of aromatic carboxylic acids is 1. The zero-order valence-corrected chi connectivity index (χ0v) is 27.2. The van der Waals surface area contributed by atoms with Crippen LogP contribution in [0.15, 0.2) is 133 Å². The highest BCUT2D eigenvalue weighted by atomic mass is 16.5. The lowest BCUT2D eigenvalue weighted by Gasteiger charge is -2.39. The van der Waals surface area contributed by atoms with Gasteiger partial charge in [0, 0.05) is 0 Å². The molecule has 0 radical (unpaired) electrons. The summed E-state index contributed by atoms with van der Waals surface area (Å²) >= 11 is 0. The third-order valence-electron chi connectivity index (χ3n) is 10.6. The number of hydrogen-bond donors (Lipinski definition) is 1. The maximum absolute atomic E-state index is 16.0. The number of amides is 2. The molecule has 2 fully saturated rings. The van der Waals surface area contributed by atoms with Gasteiger partial charge in [-0.25, -0.2) is 9.69 Å². The van der Waals surface area contributed by atoms with Gasteiger partial charge in [0.25, 0.3) is 0 Å². The first-order chi connectivity index (χ1) is 24.3. The first-order valence-corrected chi connectivity index (χ1v) is 16.2. The maximum Gasteiger partial charge on any atom is 0.335 e. The van der Waals surface area contributed by atoms with E-state index in [-0.39, 0.29) is 17.0 Å². The molecular formula is C42H31NO7. The molecule has 1 N–H and O–H groups in total. The van der Waals surface area contributed by atoms with Gasteiger partial charge in [0.05, 0.1) is 48.1 Å². The number of carbonyl (C=O) groups is 4. The molecular weight excluding hydrogens is 630 g/mol. The van der Waals surface area contributed by atoms with Gasteiger partial charge in [-0.05, 0) is 81.9 Å². The van der Waals surface area contributed by atoms with Gasteiger partial charge in [0.15, 0.2) is 5.78 Å². The Bertz CT molecular complexity index is 2080. The SMILES string of the molecule is COc1ccc(C2=C(c3ccc(OC)cc3)[C@@]3(c4ccccc4)C(=O)[C@@]2(c2ccccc2)[C@@H]2C(=O)N(c4ccc(C(=O)O)cc4)C(=O)[C@@H]23)cc1. The first-order valence-electron chi connectivity index (χ1n) is 16.2. The van der Waals surface area contributed by atoms with Gasteiger partial charge in [0.1, 0.15) is 11.5 Å². The fourth-order valence-electron chi connectivity index (χ4n) is 8.65. The third kappa shape index (κ3) is 3.99. The molecule has 1 aliphatic heterocycles. The van der Waals surface area contributed by atoms with Crippen molar-refractivity contribution in [2.45, 2.75) is 10.8 Å². The molecule has 3 aliphatic rings. The zero-order valence-electron chi connectivity index (χ0n) is 27.2. The van der Waals surface area contributed by atoms with Gasteiger partial charge in [-0.15, -0.1) is 0 Å². The summed E-state index contributed by atoms with van der Waals surface area (Å²) in [6.07, 6.45) is 0. The summed E-state index contributed by atoms with van der Waals surface area (Å²) in [6.45, 7) is 0. The van der Waals surface area contributed by atoms with Gasteiger partial charge < -0.3 is 14.6 Å². The molecule has 50 heavy (non-hydrogen) atoms. The van der Waals surface area contributed by atoms with E-state index in [9.17, 15) is 9.90 Å². The number of imide groups is 1. The molecule has 2 bridgehead atoms. The van der Waals surface area contributed by atoms with Gasteiger partial charge >= 0.3 is 5.97 Å². The summed E-state index contributed by atoms with van der Waals surface area (Å²) in [5, 5.41) is 9.54. The normalized spacial score (nSPS) is 23.7. The van der Waals surface area contributed by atoms with E-state index in [1.54, 1.807) is 14.2 Å². The Labute approximate surface area is 288 Å². The van der Waals surface area contributed by atoms with Crippen LogP contribution < -0.4 is 14.4 Å². The molecule has 5 aromatic carbocycles. The van der Waals surface area contributed by atoms with E-state index in [1.165, 1.54) is 24.3 Å². The number of ether oxygens (including phenoxy) is 2. The fourth-order valence-corrected chi connectivity index (χ4v) is 8.65. The van der Waals surface area contributed by atoms with Crippen molar-refractivity contribution in [2.75, 3.05) is 19.1 Å². The number of benzene rings is 5. The van der Waals surface area contributed by atoms with E-state index in [2.05, 4.69) is 0 Å². The van der Waals surface area contributed by atoms with Crippen molar-refractivity contribution in [1.82, 2.24) is 0 Å². The predicted octanol–water partition coefficient (Wildman–Crippen LogP) is 6.59. The standard InChI is InChI=1S/C42H31NO7/c1-49-31-21-15-25(16-22-31)33-34(26-17-23-32(50-2)24-18-26)42(29-11-7-4-8-12-29)36-35(41(33,40(42)48)28-9-5-3-6-10-28)37(44)43(38(36)45)30-19-13-27(14-20-30)39(46)47/h3-24,35-36H,1-2H3,(H,46,47)/t35-,36+,41-,42-/m1/s1. The minimum Gasteiger partial charge on any atom is -0.497 e. The smallest absolute Gasteiger partial charge is 0.335 e. The van der Waals surface area contributed by atoms with Crippen molar-refractivity contribution in [3.63, 3.8) is 0 Å². The van der Waals surface area contributed by atoms with Crippen LogP contribution in [0.2, 0.25) is 0 Å². The number of fused-ring (bicyclic) bond motifs is 5. The van der Waals surface area contributed by atoms with E-state index in [4.69, 9.17) is 9.47 Å². The van der Waals surface area contributed by atoms with Crippen LogP contribution in [0.4, 0.5) is 5.69 Å². The topological polar surface area (TPSA) is 110 Å². The van der Waals surface area contributed by atoms with Crippen LogP contribution in [-0.4, -0.2) is 42.9 Å². The van der Waals surface area contributed by atoms with E-state index in [1.807, 2.05) is 109 Å². The number of allylic oxidation sites excluding steroid dienone is 2. The molecule has 246 valence electrons. The number of methoxy groups -OCH3 is 2. The van der Waals surface area contributed by atoms with Crippen molar-refractivity contribution in [2.24, 2.45) is 11.8 Å². The number of carboxylic acids is 1. The van der Waals surface area contributed by atoms with Crippen LogP contribution in [0.3, 0.4) is 0 Å². The quantitative estimate of drug-likeness (QED) is 0.187. The molecule has 1 saturated heterocycles. The largest absolute Gasteiger partial charge is 0.497 e. The monoisotopic (exact) mass is 661 g/mol. The third-order valence-corrected chi connectivity index (χ3v) is 10.6. The lowest BCUT2D eigenvalue weighted by Crippen LogP contribution is -2.45. The highest BCUT2D eigenvalue weighted by Gasteiger charge is 2.82. The van der Waals surface area contributed by atoms with E-state index in [0.717, 1.165) is 16.0 Å². The zero-order chi connectivity index (χ0) is 34.8. The average Bonchev–Trinajstić information content (AvgIpc) is 3.67. The van der Waals surface area contributed by atoms with Crippen molar-refractivity contribution in [3.8, 4) is 11.5 Å². The lowest BCUT2D eigenvalue weighted by atomic mass is 9.59. The van der Waals surface area contributed by atoms with Crippen LogP contribution in [0.25, 0.3) is 11.1 Å². The fraction of sp³-hybridized carbons (Fsp3) is 0.143. The number of rotatable bonds is 8. The van der Waals surface area contributed by atoms with Crippen LogP contribution in [0.5, 0.6) is 11.5 Å². The van der Waals surface area contributed by atoms with E-state index >= 15 is 14.4 Å². The summed E-state index contributed by atoms with van der Waals surface area (Å²) in [5.74, 6) is -3.36. The molecule has 1 saturated carbocycles.